The molecule has 0 aromatic rings. The second kappa shape index (κ2) is 13.4. The van der Waals surface area contributed by atoms with Crippen molar-refractivity contribution in [3.63, 3.8) is 0 Å². The topological polar surface area (TPSA) is 93.1 Å². The van der Waals surface area contributed by atoms with E-state index >= 15 is 0 Å². The van der Waals surface area contributed by atoms with Gasteiger partial charge in [-0.25, -0.2) is 0 Å². The van der Waals surface area contributed by atoms with Crippen LogP contribution >= 0.6 is 0 Å². The fourth-order valence-corrected chi connectivity index (χ4v) is 8.96. The van der Waals surface area contributed by atoms with E-state index in [0.29, 0.717) is 22.9 Å². The summed E-state index contributed by atoms with van der Waals surface area (Å²) in [5.41, 5.74) is 1.11. The van der Waals surface area contributed by atoms with Gasteiger partial charge in [-0.1, -0.05) is 40.5 Å². The maximum atomic E-state index is 9.64. The van der Waals surface area contributed by atoms with E-state index in [1.54, 1.807) is 0 Å². The van der Waals surface area contributed by atoms with Crippen molar-refractivity contribution in [2.75, 3.05) is 6.61 Å². The van der Waals surface area contributed by atoms with E-state index in [2.05, 4.69) is 40.5 Å². The number of carboxylic acids is 2. The van der Waals surface area contributed by atoms with Crippen LogP contribution in [0.4, 0.5) is 0 Å². The van der Waals surface area contributed by atoms with Crippen molar-refractivity contribution >= 4 is 11.9 Å². The highest BCUT2D eigenvalue weighted by atomic mass is 16.7. The van der Waals surface area contributed by atoms with Gasteiger partial charge in [0, 0.05) is 12.8 Å². The van der Waals surface area contributed by atoms with E-state index in [9.17, 15) is 9.59 Å². The molecule has 0 aromatic heterocycles. The van der Waals surface area contributed by atoms with Crippen molar-refractivity contribution in [3.8, 4) is 12.8 Å². The van der Waals surface area contributed by atoms with Crippen molar-refractivity contribution in [1.82, 2.24) is 0 Å². The largest absolute Gasteiger partial charge is 0.481 e. The monoisotopic (exact) mass is 546 g/mol. The van der Waals surface area contributed by atoms with Crippen LogP contribution in [0.2, 0.25) is 0 Å². The summed E-state index contributed by atoms with van der Waals surface area (Å²) in [6.07, 6.45) is 25.7. The molecule has 1 spiro atoms. The first-order valence-electron chi connectivity index (χ1n) is 15.5. The Hall–Kier alpha value is -1.58. The zero-order valence-corrected chi connectivity index (χ0v) is 25.0. The minimum absolute atomic E-state index is 0.220. The number of fused-ring (bicyclic) bond motifs is 3. The summed E-state index contributed by atoms with van der Waals surface area (Å²) < 4.78 is 13.0. The van der Waals surface area contributed by atoms with Crippen molar-refractivity contribution in [2.24, 2.45) is 40.4 Å². The summed E-state index contributed by atoms with van der Waals surface area (Å²) in [5, 5.41) is 15.8. The summed E-state index contributed by atoms with van der Waals surface area (Å²) in [5.74, 6) is 2.09. The van der Waals surface area contributed by atoms with Crippen molar-refractivity contribution in [3.05, 3.63) is 0 Å². The lowest BCUT2D eigenvalue weighted by molar-refractivity contribution is -0.257. The van der Waals surface area contributed by atoms with Crippen LogP contribution in [0.3, 0.4) is 0 Å². The number of terminal acetylenes is 1. The molecular formula is C33H54O6. The Morgan fingerprint density at radius 3 is 2.13 bits per heavy atom. The van der Waals surface area contributed by atoms with Gasteiger partial charge in [-0.2, -0.15) is 0 Å². The van der Waals surface area contributed by atoms with Crippen molar-refractivity contribution in [2.45, 2.75) is 136 Å². The summed E-state index contributed by atoms with van der Waals surface area (Å²) in [6.45, 7) is 11.1. The third-order valence-electron chi connectivity index (χ3n) is 11.2. The Labute approximate surface area is 237 Å². The van der Waals surface area contributed by atoms with Crippen LogP contribution in [0.1, 0.15) is 124 Å². The lowest BCUT2D eigenvalue weighted by Crippen LogP contribution is -2.53. The Bertz CT molecular complexity index is 826. The molecule has 222 valence electrons. The van der Waals surface area contributed by atoms with Crippen LogP contribution in [0.5, 0.6) is 0 Å². The van der Waals surface area contributed by atoms with E-state index in [1.165, 1.54) is 70.6 Å². The summed E-state index contributed by atoms with van der Waals surface area (Å²) in [6, 6.07) is 0. The van der Waals surface area contributed by atoms with E-state index in [0.717, 1.165) is 43.1 Å². The molecule has 0 radical (unpaired) electrons. The van der Waals surface area contributed by atoms with Crippen molar-refractivity contribution < 1.29 is 29.3 Å². The van der Waals surface area contributed by atoms with Gasteiger partial charge in [0.15, 0.2) is 5.79 Å². The molecule has 5 aliphatic rings. The molecule has 0 bridgehead atoms. The Morgan fingerprint density at radius 2 is 1.51 bits per heavy atom. The molecular weight excluding hydrogens is 492 g/mol. The predicted octanol–water partition coefficient (Wildman–Crippen LogP) is 7.54. The first-order valence-corrected chi connectivity index (χ1v) is 15.5. The van der Waals surface area contributed by atoms with Crippen LogP contribution in [-0.2, 0) is 19.1 Å². The standard InChI is InChI=1S/C27H46O2.C4H6O4.C2H2/c1-19-10-15-27(28-18-19)16-11-21(29-27)17-24-22-9-8-20-7-5-6-13-26(20,4)23(22)12-14-25(24,2)3;5-3(6)1-2-4(7)8;1-2/h19-24H,5-18H2,1-4H3;1-2H2,(H,5,6)(H,7,8);1-2H/t19?,20?,21?,22?,23?,24?,26?,27-;;/m1../s1. The van der Waals surface area contributed by atoms with Gasteiger partial charge >= 0.3 is 11.9 Å². The van der Waals surface area contributed by atoms with Gasteiger partial charge in [0.25, 0.3) is 0 Å². The lowest BCUT2D eigenvalue weighted by Gasteiger charge is -2.61. The van der Waals surface area contributed by atoms with Gasteiger partial charge in [0.05, 0.1) is 25.6 Å². The number of carbonyl (C=O) groups is 2. The molecule has 39 heavy (non-hydrogen) atoms. The predicted molar refractivity (Wildman–Crippen MR) is 153 cm³/mol. The van der Waals surface area contributed by atoms with Crippen LogP contribution in [0.15, 0.2) is 0 Å². The fraction of sp³-hybridized carbons (Fsp3) is 0.879. The second-order valence-electron chi connectivity index (χ2n) is 14.1. The SMILES string of the molecule is C#C.CC1CC[C@@]2(CCC(CC3C4CCC5CCCCC5(C)C4CCC3(C)C)O2)OC1.O=C(O)CCC(=O)O. The molecule has 2 saturated heterocycles. The van der Waals surface area contributed by atoms with Gasteiger partial charge < -0.3 is 19.7 Å². The zero-order chi connectivity index (χ0) is 28.8. The van der Waals surface area contributed by atoms with Crippen LogP contribution in [0, 0.1) is 53.3 Å². The van der Waals surface area contributed by atoms with Gasteiger partial charge in [-0.15, -0.1) is 12.8 Å². The number of ether oxygens (including phenoxy) is 2. The van der Waals surface area contributed by atoms with Gasteiger partial charge in [0.1, 0.15) is 0 Å². The van der Waals surface area contributed by atoms with E-state index in [4.69, 9.17) is 19.7 Å². The minimum Gasteiger partial charge on any atom is -0.481 e. The summed E-state index contributed by atoms with van der Waals surface area (Å²) in [4.78, 5) is 19.3. The van der Waals surface area contributed by atoms with Crippen LogP contribution < -0.4 is 0 Å². The highest BCUT2D eigenvalue weighted by Gasteiger charge is 2.56. The third kappa shape index (κ3) is 7.59. The van der Waals surface area contributed by atoms with E-state index in [1.807, 2.05) is 0 Å². The Balaban J connectivity index is 0.000000364. The smallest absolute Gasteiger partial charge is 0.303 e. The normalized spacial score (nSPS) is 40.6. The molecule has 0 amide bonds. The third-order valence-corrected chi connectivity index (χ3v) is 11.2. The average molecular weight is 547 g/mol. The van der Waals surface area contributed by atoms with Gasteiger partial charge in [0.2, 0.25) is 0 Å². The zero-order valence-electron chi connectivity index (χ0n) is 25.0. The molecule has 5 fully saturated rings. The van der Waals surface area contributed by atoms with Crippen LogP contribution in [-0.4, -0.2) is 40.6 Å². The van der Waals surface area contributed by atoms with E-state index < -0.39 is 11.9 Å². The number of hydrogen-bond acceptors (Lipinski definition) is 4. The molecule has 5 rings (SSSR count). The molecule has 2 aliphatic heterocycles. The molecule has 3 saturated carbocycles. The van der Waals surface area contributed by atoms with Crippen LogP contribution in [0.25, 0.3) is 0 Å². The number of carboxylic acid groups (broad SMARTS) is 2. The van der Waals surface area contributed by atoms with E-state index in [-0.39, 0.29) is 18.6 Å². The number of aliphatic carboxylic acids is 2. The lowest BCUT2D eigenvalue weighted by atomic mass is 9.44. The Morgan fingerprint density at radius 1 is 0.846 bits per heavy atom. The molecule has 0 aromatic carbocycles. The molecule has 6 nitrogen and oxygen atoms in total. The highest BCUT2D eigenvalue weighted by Crippen LogP contribution is 2.64. The fourth-order valence-electron chi connectivity index (χ4n) is 8.96. The highest BCUT2D eigenvalue weighted by molar-refractivity contribution is 5.75. The van der Waals surface area contributed by atoms with Gasteiger partial charge in [-0.05, 0) is 98.2 Å². The molecule has 7 unspecified atom stereocenters. The maximum absolute atomic E-state index is 9.64. The van der Waals surface area contributed by atoms with Gasteiger partial charge in [-0.3, -0.25) is 9.59 Å². The second-order valence-corrected chi connectivity index (χ2v) is 14.1. The first-order chi connectivity index (χ1) is 18.4. The average Bonchev–Trinajstić information content (AvgIpc) is 3.29. The molecule has 2 heterocycles. The number of rotatable bonds is 5. The Kier molecular flexibility index (Phi) is 11.0. The first kappa shape index (κ1) is 31.9. The minimum atomic E-state index is -1.08. The number of hydrogen-bond donors (Lipinski definition) is 2. The quantitative estimate of drug-likeness (QED) is 0.346. The maximum Gasteiger partial charge on any atom is 0.303 e. The molecule has 6 heteroatoms. The molecule has 8 atom stereocenters. The molecule has 3 aliphatic carbocycles. The van der Waals surface area contributed by atoms with Crippen molar-refractivity contribution in [1.29, 1.82) is 0 Å². The molecule has 2 N–H and O–H groups in total. The summed E-state index contributed by atoms with van der Waals surface area (Å²) >= 11 is 0. The summed E-state index contributed by atoms with van der Waals surface area (Å²) in [7, 11) is 0.